The van der Waals surface area contributed by atoms with E-state index in [1.54, 1.807) is 24.3 Å². The first-order valence-electron chi connectivity index (χ1n) is 6.11. The lowest BCUT2D eigenvalue weighted by Gasteiger charge is -2.11. The maximum absolute atomic E-state index is 13.4. The molecular formula is C15H13F2NO3. The average Bonchev–Trinajstić information content (AvgIpc) is 2.49. The highest BCUT2D eigenvalue weighted by Gasteiger charge is 2.13. The van der Waals surface area contributed by atoms with Gasteiger partial charge in [0.1, 0.15) is 17.3 Å². The van der Waals surface area contributed by atoms with Crippen LogP contribution in [0.25, 0.3) is 0 Å². The van der Waals surface area contributed by atoms with Crippen LogP contribution in [0.5, 0.6) is 11.5 Å². The van der Waals surface area contributed by atoms with Gasteiger partial charge >= 0.3 is 0 Å². The number of anilines is 1. The van der Waals surface area contributed by atoms with Gasteiger partial charge in [0.05, 0.1) is 7.11 Å². The second-order valence-electron chi connectivity index (χ2n) is 4.08. The first-order chi connectivity index (χ1) is 10.1. The minimum Gasteiger partial charge on any atom is -0.493 e. The van der Waals surface area contributed by atoms with E-state index in [0.717, 1.165) is 12.1 Å². The largest absolute Gasteiger partial charge is 0.493 e. The summed E-state index contributed by atoms with van der Waals surface area (Å²) in [6.07, 6.45) is 0. The van der Waals surface area contributed by atoms with Crippen molar-refractivity contribution in [3.05, 3.63) is 54.1 Å². The summed E-state index contributed by atoms with van der Waals surface area (Å²) in [7, 11) is 1.47. The second-order valence-corrected chi connectivity index (χ2v) is 4.08. The lowest BCUT2D eigenvalue weighted by Crippen LogP contribution is -2.21. The molecule has 0 spiro atoms. The standard InChI is InChI=1S/C15H13F2NO3/c1-20-12-7-2-3-8-13(12)21-9-14(19)18-15-10(16)5-4-6-11(15)17/h2-8H,9H2,1H3,(H,18,19). The molecule has 0 saturated heterocycles. The molecule has 0 aromatic heterocycles. The number of carbonyl (C=O) groups excluding carboxylic acids is 1. The highest BCUT2D eigenvalue weighted by atomic mass is 19.1. The molecule has 110 valence electrons. The second kappa shape index (κ2) is 6.69. The van der Waals surface area contributed by atoms with Crippen LogP contribution in [-0.2, 0) is 4.79 Å². The number of hydrogen-bond donors (Lipinski definition) is 1. The van der Waals surface area contributed by atoms with Crippen molar-refractivity contribution in [2.75, 3.05) is 19.0 Å². The third-order valence-electron chi connectivity index (χ3n) is 2.66. The van der Waals surface area contributed by atoms with Gasteiger partial charge in [-0.05, 0) is 24.3 Å². The molecule has 2 rings (SSSR count). The Morgan fingerprint density at radius 3 is 2.29 bits per heavy atom. The number of benzene rings is 2. The van der Waals surface area contributed by atoms with Gasteiger partial charge < -0.3 is 14.8 Å². The molecule has 0 radical (unpaired) electrons. The summed E-state index contributed by atoms with van der Waals surface area (Å²) in [5.74, 6) is -1.54. The lowest BCUT2D eigenvalue weighted by molar-refractivity contribution is -0.118. The molecule has 0 unspecified atom stereocenters. The Morgan fingerprint density at radius 1 is 1.05 bits per heavy atom. The molecule has 0 aliphatic heterocycles. The Kier molecular flexibility index (Phi) is 4.71. The summed E-state index contributed by atoms with van der Waals surface area (Å²) in [6, 6.07) is 10.1. The highest BCUT2D eigenvalue weighted by molar-refractivity contribution is 5.92. The van der Waals surface area contributed by atoms with Crippen molar-refractivity contribution in [1.82, 2.24) is 0 Å². The van der Waals surface area contributed by atoms with E-state index in [2.05, 4.69) is 5.32 Å². The zero-order valence-corrected chi connectivity index (χ0v) is 11.2. The Labute approximate surface area is 120 Å². The van der Waals surface area contributed by atoms with E-state index in [1.165, 1.54) is 13.2 Å². The zero-order chi connectivity index (χ0) is 15.2. The van der Waals surface area contributed by atoms with E-state index < -0.39 is 29.8 Å². The summed E-state index contributed by atoms with van der Waals surface area (Å²) in [4.78, 5) is 11.7. The number of hydrogen-bond acceptors (Lipinski definition) is 3. The SMILES string of the molecule is COc1ccccc1OCC(=O)Nc1c(F)cccc1F. The van der Waals surface area contributed by atoms with Crippen molar-refractivity contribution in [3.8, 4) is 11.5 Å². The van der Waals surface area contributed by atoms with Crippen molar-refractivity contribution >= 4 is 11.6 Å². The van der Waals surface area contributed by atoms with E-state index in [4.69, 9.17) is 9.47 Å². The minimum absolute atomic E-state index is 0.365. The van der Waals surface area contributed by atoms with Crippen LogP contribution in [0.4, 0.5) is 14.5 Å². The van der Waals surface area contributed by atoms with Crippen molar-refractivity contribution in [3.63, 3.8) is 0 Å². The maximum atomic E-state index is 13.4. The van der Waals surface area contributed by atoms with Crippen molar-refractivity contribution in [2.45, 2.75) is 0 Å². The van der Waals surface area contributed by atoms with Gasteiger partial charge in [-0.15, -0.1) is 0 Å². The third-order valence-corrected chi connectivity index (χ3v) is 2.66. The molecule has 0 aliphatic carbocycles. The van der Waals surface area contributed by atoms with Crippen molar-refractivity contribution < 1.29 is 23.0 Å². The van der Waals surface area contributed by atoms with Gasteiger partial charge in [0.2, 0.25) is 0 Å². The molecule has 4 nitrogen and oxygen atoms in total. The first kappa shape index (κ1) is 14.8. The molecule has 0 saturated carbocycles. The zero-order valence-electron chi connectivity index (χ0n) is 11.2. The number of ether oxygens (including phenoxy) is 2. The van der Waals surface area contributed by atoms with Crippen molar-refractivity contribution in [1.29, 1.82) is 0 Å². The van der Waals surface area contributed by atoms with E-state index in [9.17, 15) is 13.6 Å². The van der Waals surface area contributed by atoms with Gasteiger partial charge in [0, 0.05) is 0 Å². The molecule has 0 fully saturated rings. The molecule has 1 N–H and O–H groups in total. The van der Waals surface area contributed by atoms with E-state index >= 15 is 0 Å². The van der Waals surface area contributed by atoms with Crippen LogP contribution in [0.15, 0.2) is 42.5 Å². The van der Waals surface area contributed by atoms with E-state index in [-0.39, 0.29) is 0 Å². The predicted molar refractivity (Wildman–Crippen MR) is 73.5 cm³/mol. The molecule has 0 aliphatic rings. The van der Waals surface area contributed by atoms with Crippen LogP contribution in [-0.4, -0.2) is 19.6 Å². The molecule has 2 aromatic rings. The number of halogens is 2. The van der Waals surface area contributed by atoms with Gasteiger partial charge in [-0.1, -0.05) is 18.2 Å². The van der Waals surface area contributed by atoms with Crippen LogP contribution >= 0.6 is 0 Å². The van der Waals surface area contributed by atoms with Gasteiger partial charge in [-0.3, -0.25) is 4.79 Å². The lowest BCUT2D eigenvalue weighted by atomic mass is 10.3. The van der Waals surface area contributed by atoms with Crippen LogP contribution in [0.2, 0.25) is 0 Å². The summed E-state index contributed by atoms with van der Waals surface area (Å²) in [5.41, 5.74) is -0.494. The highest BCUT2D eigenvalue weighted by Crippen LogP contribution is 2.25. The molecular weight excluding hydrogens is 280 g/mol. The molecule has 1 amide bonds. The number of nitrogens with one attached hydrogen (secondary N) is 1. The molecule has 2 aromatic carbocycles. The molecule has 6 heteroatoms. The van der Waals surface area contributed by atoms with Crippen molar-refractivity contribution in [2.24, 2.45) is 0 Å². The number of rotatable bonds is 5. The van der Waals surface area contributed by atoms with Crippen LogP contribution < -0.4 is 14.8 Å². The smallest absolute Gasteiger partial charge is 0.262 e. The fraction of sp³-hybridized carbons (Fsp3) is 0.133. The Balaban J connectivity index is 1.99. The number of methoxy groups -OCH3 is 1. The van der Waals surface area contributed by atoms with Gasteiger partial charge in [0.15, 0.2) is 18.1 Å². The fourth-order valence-electron chi connectivity index (χ4n) is 1.67. The van der Waals surface area contributed by atoms with E-state index in [0.29, 0.717) is 11.5 Å². The Hall–Kier alpha value is -2.63. The summed E-state index contributed by atoms with van der Waals surface area (Å²) in [5, 5.41) is 2.13. The molecule has 21 heavy (non-hydrogen) atoms. The first-order valence-corrected chi connectivity index (χ1v) is 6.11. The number of para-hydroxylation sites is 3. The third kappa shape index (κ3) is 3.68. The predicted octanol–water partition coefficient (Wildman–Crippen LogP) is 2.99. The van der Waals surface area contributed by atoms with Crippen LogP contribution in [0.1, 0.15) is 0 Å². The maximum Gasteiger partial charge on any atom is 0.262 e. The van der Waals surface area contributed by atoms with Gasteiger partial charge in [-0.2, -0.15) is 0 Å². The molecule has 0 heterocycles. The monoisotopic (exact) mass is 293 g/mol. The quantitative estimate of drug-likeness (QED) is 0.922. The number of carbonyl (C=O) groups is 1. The van der Waals surface area contributed by atoms with Crippen LogP contribution in [0.3, 0.4) is 0 Å². The Morgan fingerprint density at radius 2 is 1.67 bits per heavy atom. The van der Waals surface area contributed by atoms with E-state index in [1.807, 2.05) is 0 Å². The summed E-state index contributed by atoms with van der Waals surface area (Å²) >= 11 is 0. The van der Waals surface area contributed by atoms with Gasteiger partial charge in [-0.25, -0.2) is 8.78 Å². The normalized spacial score (nSPS) is 10.0. The average molecular weight is 293 g/mol. The summed E-state index contributed by atoms with van der Waals surface area (Å²) in [6.45, 7) is -0.395. The summed E-state index contributed by atoms with van der Waals surface area (Å²) < 4.78 is 37.1. The molecule has 0 bridgehead atoms. The topological polar surface area (TPSA) is 47.6 Å². The molecule has 0 atom stereocenters. The minimum atomic E-state index is -0.847. The fourth-order valence-corrected chi connectivity index (χ4v) is 1.67. The Bertz CT molecular complexity index is 626. The van der Waals surface area contributed by atoms with Gasteiger partial charge in [0.25, 0.3) is 5.91 Å². The number of amides is 1. The van der Waals surface area contributed by atoms with Crippen LogP contribution in [0, 0.1) is 11.6 Å².